The molecule has 1 amide bonds. The Balaban J connectivity index is 1.61. The summed E-state index contributed by atoms with van der Waals surface area (Å²) in [6.07, 6.45) is 2.03. The average molecular weight is 303 g/mol. The third-order valence-electron chi connectivity index (χ3n) is 4.53. The van der Waals surface area contributed by atoms with E-state index in [-0.39, 0.29) is 12.5 Å². The molecule has 0 bridgehead atoms. The van der Waals surface area contributed by atoms with Crippen LogP contribution in [0.15, 0.2) is 18.2 Å². The Morgan fingerprint density at radius 3 is 2.86 bits per heavy atom. The van der Waals surface area contributed by atoms with Crippen LogP contribution >= 0.6 is 0 Å². The molecular formula is C17H25N3O2. The number of nitrogens with one attached hydrogen (secondary N) is 1. The van der Waals surface area contributed by atoms with Crippen LogP contribution in [0.4, 0.5) is 5.69 Å². The van der Waals surface area contributed by atoms with Gasteiger partial charge in [-0.3, -0.25) is 4.79 Å². The second-order valence-electron chi connectivity index (χ2n) is 6.03. The van der Waals surface area contributed by atoms with Gasteiger partial charge in [0.05, 0.1) is 0 Å². The maximum absolute atomic E-state index is 12.0. The molecular weight excluding hydrogens is 278 g/mol. The number of anilines is 1. The molecule has 0 atom stereocenters. The summed E-state index contributed by atoms with van der Waals surface area (Å²) < 4.78 is 4.96. The summed E-state index contributed by atoms with van der Waals surface area (Å²) in [5.74, 6) is 0.0508. The Hall–Kier alpha value is -1.43. The van der Waals surface area contributed by atoms with Gasteiger partial charge in [-0.05, 0) is 30.0 Å². The molecule has 5 nitrogen and oxygen atoms in total. The number of hydrogen-bond donors (Lipinski definition) is 1. The van der Waals surface area contributed by atoms with Crippen molar-refractivity contribution in [3.63, 3.8) is 0 Å². The van der Waals surface area contributed by atoms with E-state index in [1.54, 1.807) is 7.11 Å². The lowest BCUT2D eigenvalue weighted by Gasteiger charge is -2.27. The lowest BCUT2D eigenvalue weighted by atomic mass is 10.1. The van der Waals surface area contributed by atoms with E-state index < -0.39 is 0 Å². The summed E-state index contributed by atoms with van der Waals surface area (Å²) in [6, 6.07) is 6.54. The van der Waals surface area contributed by atoms with E-state index in [0.717, 1.165) is 57.8 Å². The van der Waals surface area contributed by atoms with Gasteiger partial charge in [-0.25, -0.2) is 0 Å². The molecule has 2 aliphatic rings. The van der Waals surface area contributed by atoms with Crippen LogP contribution in [-0.2, 0) is 22.4 Å². The molecule has 1 N–H and O–H groups in total. The molecule has 1 aromatic carbocycles. The first-order valence-corrected chi connectivity index (χ1v) is 8.12. The standard InChI is InChI=1S/C17H25N3O2/c1-22-13-17(21)20-9-5-15-12-14(2-3-16(15)20)4-8-19-10-6-18-7-11-19/h2-3,12,18H,4-11,13H2,1H3. The van der Waals surface area contributed by atoms with Crippen LogP contribution in [0.5, 0.6) is 0 Å². The lowest BCUT2D eigenvalue weighted by Crippen LogP contribution is -2.44. The van der Waals surface area contributed by atoms with Crippen LogP contribution in [0.2, 0.25) is 0 Å². The SMILES string of the molecule is COCC(=O)N1CCc2cc(CCN3CCNCC3)ccc21. The topological polar surface area (TPSA) is 44.8 Å². The summed E-state index contributed by atoms with van der Waals surface area (Å²) in [5.41, 5.74) is 3.73. The van der Waals surface area contributed by atoms with Gasteiger partial charge in [0, 0.05) is 52.1 Å². The number of methoxy groups -OCH3 is 1. The molecule has 0 aliphatic carbocycles. The number of nitrogens with zero attached hydrogens (tertiary/aromatic N) is 2. The van der Waals surface area contributed by atoms with Crippen LogP contribution in [0, 0.1) is 0 Å². The van der Waals surface area contributed by atoms with Gasteiger partial charge in [-0.15, -0.1) is 0 Å². The molecule has 3 rings (SSSR count). The number of rotatable bonds is 5. The minimum Gasteiger partial charge on any atom is -0.375 e. The van der Waals surface area contributed by atoms with Crippen molar-refractivity contribution in [3.8, 4) is 0 Å². The minimum absolute atomic E-state index is 0.0508. The Morgan fingerprint density at radius 1 is 1.27 bits per heavy atom. The highest BCUT2D eigenvalue weighted by Gasteiger charge is 2.24. The first-order chi connectivity index (χ1) is 10.8. The first-order valence-electron chi connectivity index (χ1n) is 8.12. The molecule has 22 heavy (non-hydrogen) atoms. The van der Waals surface area contributed by atoms with E-state index in [1.807, 2.05) is 4.90 Å². The fourth-order valence-corrected chi connectivity index (χ4v) is 3.29. The van der Waals surface area contributed by atoms with Crippen molar-refractivity contribution in [1.29, 1.82) is 0 Å². The predicted octanol–water partition coefficient (Wildman–Crippen LogP) is 0.670. The Bertz CT molecular complexity index is 527. The summed E-state index contributed by atoms with van der Waals surface area (Å²) >= 11 is 0. The fraction of sp³-hybridized carbons (Fsp3) is 0.588. The van der Waals surface area contributed by atoms with Crippen molar-refractivity contribution in [3.05, 3.63) is 29.3 Å². The highest BCUT2D eigenvalue weighted by Crippen LogP contribution is 2.29. The van der Waals surface area contributed by atoms with Crippen molar-refractivity contribution >= 4 is 11.6 Å². The van der Waals surface area contributed by atoms with E-state index >= 15 is 0 Å². The molecule has 5 heteroatoms. The monoisotopic (exact) mass is 303 g/mol. The van der Waals surface area contributed by atoms with Crippen molar-refractivity contribution in [2.75, 3.05) is 57.9 Å². The molecule has 0 radical (unpaired) electrons. The zero-order valence-corrected chi connectivity index (χ0v) is 13.3. The second kappa shape index (κ2) is 7.22. The number of hydrogen-bond acceptors (Lipinski definition) is 4. The number of ether oxygens (including phenoxy) is 1. The number of amides is 1. The van der Waals surface area contributed by atoms with Gasteiger partial charge >= 0.3 is 0 Å². The smallest absolute Gasteiger partial charge is 0.252 e. The number of benzene rings is 1. The Kier molecular flexibility index (Phi) is 5.08. The average Bonchev–Trinajstić information content (AvgIpc) is 2.97. The molecule has 120 valence electrons. The summed E-state index contributed by atoms with van der Waals surface area (Å²) in [4.78, 5) is 16.4. The van der Waals surface area contributed by atoms with Crippen molar-refractivity contribution in [1.82, 2.24) is 10.2 Å². The van der Waals surface area contributed by atoms with Gasteiger partial charge in [0.15, 0.2) is 0 Å². The van der Waals surface area contributed by atoms with E-state index in [1.165, 1.54) is 11.1 Å². The minimum atomic E-state index is 0.0508. The van der Waals surface area contributed by atoms with Crippen LogP contribution in [0.3, 0.4) is 0 Å². The molecule has 1 saturated heterocycles. The summed E-state index contributed by atoms with van der Waals surface area (Å²) in [6.45, 7) is 6.53. The molecule has 0 aromatic heterocycles. The lowest BCUT2D eigenvalue weighted by molar-refractivity contribution is -0.122. The molecule has 2 heterocycles. The van der Waals surface area contributed by atoms with E-state index in [9.17, 15) is 4.79 Å². The normalized spacial score (nSPS) is 18.5. The maximum atomic E-state index is 12.0. The molecule has 2 aliphatic heterocycles. The van der Waals surface area contributed by atoms with Gasteiger partial charge < -0.3 is 19.9 Å². The quantitative estimate of drug-likeness (QED) is 0.868. The van der Waals surface area contributed by atoms with E-state index in [2.05, 4.69) is 28.4 Å². The van der Waals surface area contributed by atoms with Crippen LogP contribution in [-0.4, -0.2) is 63.8 Å². The summed E-state index contributed by atoms with van der Waals surface area (Å²) in [5, 5.41) is 3.38. The van der Waals surface area contributed by atoms with Gasteiger partial charge in [-0.1, -0.05) is 12.1 Å². The number of carbonyl (C=O) groups excluding carboxylic acids is 1. The van der Waals surface area contributed by atoms with Crippen molar-refractivity contribution < 1.29 is 9.53 Å². The van der Waals surface area contributed by atoms with Crippen LogP contribution in [0.25, 0.3) is 0 Å². The molecule has 0 spiro atoms. The van der Waals surface area contributed by atoms with E-state index in [0.29, 0.717) is 0 Å². The van der Waals surface area contributed by atoms with Crippen molar-refractivity contribution in [2.45, 2.75) is 12.8 Å². The highest BCUT2D eigenvalue weighted by molar-refractivity contribution is 5.96. The summed E-state index contributed by atoms with van der Waals surface area (Å²) in [7, 11) is 1.56. The third-order valence-corrected chi connectivity index (χ3v) is 4.53. The Labute approximate surface area is 132 Å². The van der Waals surface area contributed by atoms with Gasteiger partial charge in [-0.2, -0.15) is 0 Å². The maximum Gasteiger partial charge on any atom is 0.252 e. The second-order valence-corrected chi connectivity index (χ2v) is 6.03. The number of piperazine rings is 1. The van der Waals surface area contributed by atoms with Gasteiger partial charge in [0.2, 0.25) is 0 Å². The third kappa shape index (κ3) is 3.48. The molecule has 0 unspecified atom stereocenters. The molecule has 0 saturated carbocycles. The van der Waals surface area contributed by atoms with Crippen LogP contribution < -0.4 is 10.2 Å². The Morgan fingerprint density at radius 2 is 2.09 bits per heavy atom. The zero-order valence-electron chi connectivity index (χ0n) is 13.3. The molecule has 1 fully saturated rings. The van der Waals surface area contributed by atoms with E-state index in [4.69, 9.17) is 4.74 Å². The van der Waals surface area contributed by atoms with Crippen molar-refractivity contribution in [2.24, 2.45) is 0 Å². The zero-order chi connectivity index (χ0) is 15.4. The largest absolute Gasteiger partial charge is 0.375 e. The van der Waals surface area contributed by atoms with Crippen LogP contribution in [0.1, 0.15) is 11.1 Å². The molecule has 1 aromatic rings. The fourth-order valence-electron chi connectivity index (χ4n) is 3.29. The van der Waals surface area contributed by atoms with Gasteiger partial charge in [0.25, 0.3) is 5.91 Å². The first kappa shape index (κ1) is 15.5. The van der Waals surface area contributed by atoms with Gasteiger partial charge in [0.1, 0.15) is 6.61 Å². The number of carbonyl (C=O) groups is 1. The predicted molar refractivity (Wildman–Crippen MR) is 87.4 cm³/mol. The highest BCUT2D eigenvalue weighted by atomic mass is 16.5. The number of fused-ring (bicyclic) bond motifs is 1.